The van der Waals surface area contributed by atoms with Crippen LogP contribution in [0.3, 0.4) is 0 Å². The van der Waals surface area contributed by atoms with E-state index in [0.29, 0.717) is 18.5 Å². The van der Waals surface area contributed by atoms with Crippen molar-refractivity contribution >= 4 is 11.8 Å². The fourth-order valence-corrected chi connectivity index (χ4v) is 3.50. The molecular weight excluding hydrogens is 292 g/mol. The van der Waals surface area contributed by atoms with E-state index in [2.05, 4.69) is 16.7 Å². The highest BCUT2D eigenvalue weighted by Gasteiger charge is 2.46. The average Bonchev–Trinajstić information content (AvgIpc) is 2.54. The number of carbonyl (C=O) groups excluding carboxylic acids is 2. The number of rotatable bonds is 2. The van der Waals surface area contributed by atoms with E-state index in [-0.39, 0.29) is 11.4 Å². The van der Waals surface area contributed by atoms with Crippen molar-refractivity contribution in [2.24, 2.45) is 0 Å². The number of benzene rings is 1. The third-order valence-electron chi connectivity index (χ3n) is 4.91. The molecule has 5 heteroatoms. The van der Waals surface area contributed by atoms with Crippen LogP contribution in [0.1, 0.15) is 49.7 Å². The minimum Gasteiger partial charge on any atom is -0.333 e. The number of hydrogen-bond acceptors (Lipinski definition) is 3. The molecule has 0 radical (unpaired) electrons. The maximum atomic E-state index is 12.3. The number of hydrogen-bond donors (Lipinski definition) is 2. The van der Waals surface area contributed by atoms with Crippen LogP contribution in [0, 0.1) is 11.8 Å². The molecule has 1 saturated heterocycles. The second-order valence-corrected chi connectivity index (χ2v) is 6.30. The normalized spacial score (nSPS) is 18.8. The summed E-state index contributed by atoms with van der Waals surface area (Å²) < 4.78 is 0. The van der Waals surface area contributed by atoms with Crippen LogP contribution >= 0.6 is 0 Å². The van der Waals surface area contributed by atoms with Crippen molar-refractivity contribution in [1.82, 2.24) is 10.4 Å². The lowest BCUT2D eigenvalue weighted by Crippen LogP contribution is -2.58. The van der Waals surface area contributed by atoms with E-state index in [9.17, 15) is 9.59 Å². The van der Waals surface area contributed by atoms with Gasteiger partial charge in [-0.1, -0.05) is 18.1 Å². The van der Waals surface area contributed by atoms with Crippen LogP contribution in [-0.2, 0) is 16.1 Å². The van der Waals surface area contributed by atoms with Crippen LogP contribution in [0.5, 0.6) is 0 Å². The van der Waals surface area contributed by atoms with Crippen LogP contribution in [0.4, 0.5) is 0 Å². The first-order chi connectivity index (χ1) is 11.1. The van der Waals surface area contributed by atoms with Crippen molar-refractivity contribution in [3.63, 3.8) is 0 Å². The van der Waals surface area contributed by atoms with Crippen LogP contribution in [0.15, 0.2) is 24.3 Å². The van der Waals surface area contributed by atoms with Crippen molar-refractivity contribution < 1.29 is 14.8 Å². The monoisotopic (exact) mass is 312 g/mol. The lowest BCUT2D eigenvalue weighted by molar-refractivity contribution is -0.148. The zero-order valence-corrected chi connectivity index (χ0v) is 13.0. The van der Waals surface area contributed by atoms with E-state index in [0.717, 1.165) is 31.2 Å². The molecule has 1 aliphatic carbocycles. The molecule has 2 aliphatic rings. The lowest BCUT2D eigenvalue weighted by Gasteiger charge is -2.53. The standard InChI is InChI=1S/C18H20N2O3/c21-16(19-23)9-8-14-4-6-15(7-5-14)13-20-17(22)3-1-10-18(20)11-2-12-18/h4-7,23H,1-3,10-13H2,(H,19,21). The second-order valence-electron chi connectivity index (χ2n) is 6.30. The molecule has 2 N–H and O–H groups in total. The average molecular weight is 312 g/mol. The molecule has 0 aromatic heterocycles. The number of piperidine rings is 1. The molecule has 3 rings (SSSR count). The van der Waals surface area contributed by atoms with Gasteiger partial charge in [-0.15, -0.1) is 0 Å². The molecule has 2 fully saturated rings. The SMILES string of the molecule is O=C(C#Cc1ccc(CN2C(=O)CCCC23CCC3)cc1)NO. The van der Waals surface area contributed by atoms with Crippen LogP contribution < -0.4 is 5.48 Å². The highest BCUT2D eigenvalue weighted by atomic mass is 16.5. The van der Waals surface area contributed by atoms with E-state index in [1.807, 2.05) is 24.3 Å². The Balaban J connectivity index is 1.71. The molecule has 1 aromatic carbocycles. The Morgan fingerprint density at radius 2 is 1.91 bits per heavy atom. The smallest absolute Gasteiger partial charge is 0.319 e. The minimum atomic E-state index is -0.736. The van der Waals surface area contributed by atoms with E-state index in [4.69, 9.17) is 5.21 Å². The molecule has 5 nitrogen and oxygen atoms in total. The molecule has 0 unspecified atom stereocenters. The van der Waals surface area contributed by atoms with E-state index in [1.165, 1.54) is 11.9 Å². The fraction of sp³-hybridized carbons (Fsp3) is 0.444. The van der Waals surface area contributed by atoms with Crippen molar-refractivity contribution in [2.45, 2.75) is 50.6 Å². The molecule has 1 heterocycles. The zero-order chi connectivity index (χ0) is 16.3. The number of carbonyl (C=O) groups is 2. The van der Waals surface area contributed by atoms with Gasteiger partial charge in [0.15, 0.2) is 0 Å². The molecule has 23 heavy (non-hydrogen) atoms. The second kappa shape index (κ2) is 6.43. The lowest BCUT2D eigenvalue weighted by atomic mass is 9.70. The first kappa shape index (κ1) is 15.6. The van der Waals surface area contributed by atoms with Crippen LogP contribution in [0.2, 0.25) is 0 Å². The predicted molar refractivity (Wildman–Crippen MR) is 84.2 cm³/mol. The minimum absolute atomic E-state index is 0.104. The molecule has 120 valence electrons. The summed E-state index contributed by atoms with van der Waals surface area (Å²) in [4.78, 5) is 25.3. The van der Waals surface area contributed by atoms with Gasteiger partial charge < -0.3 is 4.90 Å². The van der Waals surface area contributed by atoms with Gasteiger partial charge >= 0.3 is 5.91 Å². The fourth-order valence-electron chi connectivity index (χ4n) is 3.50. The Morgan fingerprint density at radius 1 is 1.22 bits per heavy atom. The third-order valence-corrected chi connectivity index (χ3v) is 4.91. The quantitative estimate of drug-likeness (QED) is 0.498. The first-order valence-electron chi connectivity index (χ1n) is 7.98. The van der Waals surface area contributed by atoms with Gasteiger partial charge in [-0.3, -0.25) is 14.8 Å². The van der Waals surface area contributed by atoms with Gasteiger partial charge in [-0.25, -0.2) is 5.48 Å². The number of likely N-dealkylation sites (tertiary alicyclic amines) is 1. The Bertz CT molecular complexity index is 666. The van der Waals surface area contributed by atoms with Gasteiger partial charge in [-0.2, -0.15) is 0 Å². The van der Waals surface area contributed by atoms with Crippen molar-refractivity contribution in [1.29, 1.82) is 0 Å². The molecule has 1 aromatic rings. The summed E-state index contributed by atoms with van der Waals surface area (Å²) in [6.45, 7) is 0.643. The first-order valence-corrected chi connectivity index (χ1v) is 7.98. The highest BCUT2D eigenvalue weighted by Crippen LogP contribution is 2.45. The highest BCUT2D eigenvalue weighted by molar-refractivity contribution is 5.93. The summed E-state index contributed by atoms with van der Waals surface area (Å²) in [5, 5.41) is 8.40. The molecule has 1 aliphatic heterocycles. The Morgan fingerprint density at radius 3 is 2.52 bits per heavy atom. The number of amides is 2. The van der Waals surface area contributed by atoms with Crippen molar-refractivity contribution in [3.8, 4) is 11.8 Å². The Hall–Kier alpha value is -2.32. The predicted octanol–water partition coefficient (Wildman–Crippen LogP) is 1.98. The molecule has 1 spiro atoms. The van der Waals surface area contributed by atoms with Crippen LogP contribution in [0.25, 0.3) is 0 Å². The molecule has 0 bridgehead atoms. The summed E-state index contributed by atoms with van der Waals surface area (Å²) in [5.41, 5.74) is 3.34. The summed E-state index contributed by atoms with van der Waals surface area (Å²) in [6, 6.07) is 7.54. The summed E-state index contributed by atoms with van der Waals surface area (Å²) >= 11 is 0. The number of nitrogens with one attached hydrogen (secondary N) is 1. The maximum absolute atomic E-state index is 12.3. The molecule has 0 atom stereocenters. The summed E-state index contributed by atoms with van der Waals surface area (Å²) in [7, 11) is 0. The Labute approximate surface area is 135 Å². The van der Waals surface area contributed by atoms with Crippen molar-refractivity contribution in [2.75, 3.05) is 0 Å². The van der Waals surface area contributed by atoms with Crippen molar-refractivity contribution in [3.05, 3.63) is 35.4 Å². The Kier molecular flexibility index (Phi) is 4.35. The summed E-state index contributed by atoms with van der Waals surface area (Å²) in [6.07, 6.45) is 6.25. The topological polar surface area (TPSA) is 69.6 Å². The van der Waals surface area contributed by atoms with E-state index in [1.54, 1.807) is 0 Å². The molecule has 1 saturated carbocycles. The van der Waals surface area contributed by atoms with E-state index >= 15 is 0 Å². The number of nitrogens with zero attached hydrogens (tertiary/aromatic N) is 1. The van der Waals surface area contributed by atoms with Gasteiger partial charge in [0.05, 0.1) is 0 Å². The van der Waals surface area contributed by atoms with Gasteiger partial charge in [0.2, 0.25) is 5.91 Å². The van der Waals surface area contributed by atoms with E-state index < -0.39 is 5.91 Å². The zero-order valence-electron chi connectivity index (χ0n) is 13.0. The van der Waals surface area contributed by atoms with Gasteiger partial charge in [0.1, 0.15) is 0 Å². The van der Waals surface area contributed by atoms with Gasteiger partial charge in [0.25, 0.3) is 0 Å². The van der Waals surface area contributed by atoms with Crippen LogP contribution in [-0.4, -0.2) is 27.5 Å². The largest absolute Gasteiger partial charge is 0.333 e. The molecule has 2 amide bonds. The van der Waals surface area contributed by atoms with Gasteiger partial charge in [0, 0.05) is 30.0 Å². The third kappa shape index (κ3) is 3.22. The van der Waals surface area contributed by atoms with Gasteiger partial charge in [-0.05, 0) is 49.8 Å². The molecular formula is C18H20N2O3. The maximum Gasteiger partial charge on any atom is 0.319 e. The number of hydroxylamine groups is 1. The summed E-state index contributed by atoms with van der Waals surface area (Å²) in [5.74, 6) is 4.47.